The molecule has 1 fully saturated rings. The molecular weight excluding hydrogens is 468 g/mol. The Labute approximate surface area is 205 Å². The number of nitrogens with zero attached hydrogens (tertiary/aromatic N) is 1. The molecule has 0 aromatic heterocycles. The molecule has 6 nitrogen and oxygen atoms in total. The van der Waals surface area contributed by atoms with Crippen molar-refractivity contribution >= 4 is 38.5 Å². The molecule has 0 atom stereocenters. The van der Waals surface area contributed by atoms with Crippen molar-refractivity contribution in [2.24, 2.45) is 5.92 Å². The molecule has 0 aliphatic carbocycles. The molecule has 0 spiro atoms. The lowest BCUT2D eigenvalue weighted by Gasteiger charge is -2.30. The number of nitrogens with one attached hydrogen (secondary N) is 1. The molecule has 1 amide bonds. The second kappa shape index (κ2) is 10.8. The zero-order valence-electron chi connectivity index (χ0n) is 19.5. The Balaban J connectivity index is 1.40. The maximum Gasteiger partial charge on any atom is 0.255 e. The van der Waals surface area contributed by atoms with E-state index in [4.69, 9.17) is 4.74 Å². The molecule has 0 unspecified atom stereocenters. The van der Waals surface area contributed by atoms with Crippen molar-refractivity contribution < 1.29 is 17.9 Å². The Kier molecular flexibility index (Phi) is 7.80. The highest BCUT2D eigenvalue weighted by atomic mass is 32.2. The Morgan fingerprint density at radius 2 is 1.79 bits per heavy atom. The number of sulfonamides is 1. The van der Waals surface area contributed by atoms with E-state index in [0.717, 1.165) is 28.5 Å². The fourth-order valence-corrected chi connectivity index (χ4v) is 5.70. The molecule has 1 aliphatic rings. The first-order valence-corrected chi connectivity index (χ1v) is 14.2. The monoisotopic (exact) mass is 498 g/mol. The van der Waals surface area contributed by atoms with Gasteiger partial charge in [-0.25, -0.2) is 13.1 Å². The summed E-state index contributed by atoms with van der Waals surface area (Å²) in [6, 6.07) is 18.5. The van der Waals surface area contributed by atoms with Gasteiger partial charge in [0.15, 0.2) is 0 Å². The number of carbonyl (C=O) groups excluding carboxylic acids is 1. The summed E-state index contributed by atoms with van der Waals surface area (Å²) in [4.78, 5) is 15.9. The molecule has 1 N–H and O–H groups in total. The van der Waals surface area contributed by atoms with Gasteiger partial charge in [-0.05, 0) is 66.1 Å². The minimum Gasteiger partial charge on any atom is -0.492 e. The summed E-state index contributed by atoms with van der Waals surface area (Å²) in [6.45, 7) is 3.91. The fourth-order valence-electron chi connectivity index (χ4n) is 4.09. The normalized spacial score (nSPS) is 14.9. The number of carbonyl (C=O) groups is 1. The van der Waals surface area contributed by atoms with Gasteiger partial charge in [-0.15, -0.1) is 11.8 Å². The predicted molar refractivity (Wildman–Crippen MR) is 137 cm³/mol. The van der Waals surface area contributed by atoms with E-state index in [2.05, 4.69) is 11.6 Å². The van der Waals surface area contributed by atoms with Gasteiger partial charge in [0.05, 0.1) is 10.5 Å². The number of ether oxygens (including phenoxy) is 1. The van der Waals surface area contributed by atoms with Crippen LogP contribution < -0.4 is 9.46 Å². The van der Waals surface area contributed by atoms with Crippen molar-refractivity contribution in [3.05, 3.63) is 66.2 Å². The quantitative estimate of drug-likeness (QED) is 0.357. The van der Waals surface area contributed by atoms with Crippen molar-refractivity contribution in [2.75, 3.05) is 32.5 Å². The van der Waals surface area contributed by atoms with E-state index in [1.807, 2.05) is 53.6 Å². The Morgan fingerprint density at radius 3 is 2.53 bits per heavy atom. The highest BCUT2D eigenvalue weighted by molar-refractivity contribution is 7.98. The second-order valence-electron chi connectivity index (χ2n) is 8.59. The maximum atomic E-state index is 13.2. The molecule has 8 heteroatoms. The van der Waals surface area contributed by atoms with E-state index in [1.165, 1.54) is 17.8 Å². The fraction of sp³-hybridized carbons (Fsp3) is 0.346. The number of thioether (sulfide) groups is 1. The van der Waals surface area contributed by atoms with E-state index >= 15 is 0 Å². The molecule has 34 heavy (non-hydrogen) atoms. The minimum absolute atomic E-state index is 0.0877. The molecule has 0 saturated carbocycles. The summed E-state index contributed by atoms with van der Waals surface area (Å²) < 4.78 is 34.2. The van der Waals surface area contributed by atoms with Crippen molar-refractivity contribution in [1.82, 2.24) is 9.62 Å². The number of rotatable bonds is 8. The number of piperidine rings is 1. The third-order valence-corrected chi connectivity index (χ3v) is 8.42. The van der Waals surface area contributed by atoms with Crippen molar-refractivity contribution in [1.29, 1.82) is 0 Å². The van der Waals surface area contributed by atoms with Gasteiger partial charge in [0, 0.05) is 24.5 Å². The van der Waals surface area contributed by atoms with Gasteiger partial charge in [0.25, 0.3) is 5.91 Å². The second-order valence-corrected chi connectivity index (χ2v) is 11.2. The standard InChI is InChI=1S/C26H30N2O4S2/c1-19-11-14-28(15-12-19)26(29)24-18-23(9-10-25(24)33-2)34(30,31)27-13-16-32-22-8-7-20-5-3-4-6-21(20)17-22/h3-10,17-19,27H,11-16H2,1-2H3. The molecule has 1 saturated heterocycles. The molecule has 4 rings (SSSR count). The number of fused-ring (bicyclic) bond motifs is 1. The van der Waals surface area contributed by atoms with Crippen LogP contribution in [-0.4, -0.2) is 51.7 Å². The van der Waals surface area contributed by atoms with Crippen LogP contribution in [-0.2, 0) is 10.0 Å². The third kappa shape index (κ3) is 5.74. The van der Waals surface area contributed by atoms with Crippen LogP contribution in [0.4, 0.5) is 0 Å². The number of hydrogen-bond acceptors (Lipinski definition) is 5. The van der Waals surface area contributed by atoms with Gasteiger partial charge < -0.3 is 9.64 Å². The summed E-state index contributed by atoms with van der Waals surface area (Å²) in [6.07, 6.45) is 3.83. The van der Waals surface area contributed by atoms with Gasteiger partial charge in [0.2, 0.25) is 10.0 Å². The van der Waals surface area contributed by atoms with Crippen LogP contribution in [0.15, 0.2) is 70.5 Å². The molecular formula is C26H30N2O4S2. The van der Waals surface area contributed by atoms with E-state index in [0.29, 0.717) is 30.3 Å². The molecule has 0 radical (unpaired) electrons. The van der Waals surface area contributed by atoms with E-state index in [-0.39, 0.29) is 24.0 Å². The minimum atomic E-state index is -3.78. The smallest absolute Gasteiger partial charge is 0.255 e. The molecule has 1 aliphatic heterocycles. The van der Waals surface area contributed by atoms with E-state index in [1.54, 1.807) is 12.1 Å². The van der Waals surface area contributed by atoms with Gasteiger partial charge in [0.1, 0.15) is 12.4 Å². The number of likely N-dealkylation sites (tertiary alicyclic amines) is 1. The third-order valence-electron chi connectivity index (χ3n) is 6.17. The van der Waals surface area contributed by atoms with Crippen LogP contribution in [0, 0.1) is 5.92 Å². The van der Waals surface area contributed by atoms with Gasteiger partial charge in [-0.3, -0.25) is 4.79 Å². The summed E-state index contributed by atoms with van der Waals surface area (Å²) in [5, 5.41) is 2.18. The van der Waals surface area contributed by atoms with Crippen molar-refractivity contribution in [3.8, 4) is 5.75 Å². The van der Waals surface area contributed by atoms with E-state index < -0.39 is 10.0 Å². The zero-order valence-corrected chi connectivity index (χ0v) is 21.1. The first-order chi connectivity index (χ1) is 16.4. The zero-order chi connectivity index (χ0) is 24.1. The lowest BCUT2D eigenvalue weighted by Crippen LogP contribution is -2.38. The van der Waals surface area contributed by atoms with E-state index in [9.17, 15) is 13.2 Å². The molecule has 0 bridgehead atoms. The van der Waals surface area contributed by atoms with Crippen LogP contribution in [0.2, 0.25) is 0 Å². The molecule has 180 valence electrons. The SMILES string of the molecule is CSc1ccc(S(=O)(=O)NCCOc2ccc3ccccc3c2)cc1C(=O)N1CCC(C)CC1. The molecule has 3 aromatic carbocycles. The number of benzene rings is 3. The van der Waals surface area contributed by atoms with Crippen LogP contribution >= 0.6 is 11.8 Å². The van der Waals surface area contributed by atoms with Gasteiger partial charge >= 0.3 is 0 Å². The highest BCUT2D eigenvalue weighted by Crippen LogP contribution is 2.27. The highest BCUT2D eigenvalue weighted by Gasteiger charge is 2.25. The van der Waals surface area contributed by atoms with Crippen LogP contribution in [0.25, 0.3) is 10.8 Å². The van der Waals surface area contributed by atoms with Crippen LogP contribution in [0.3, 0.4) is 0 Å². The van der Waals surface area contributed by atoms with Gasteiger partial charge in [-0.1, -0.05) is 37.3 Å². The first kappa shape index (κ1) is 24.6. The predicted octanol–water partition coefficient (Wildman–Crippen LogP) is 4.79. The summed E-state index contributed by atoms with van der Waals surface area (Å²) >= 11 is 1.44. The molecule has 3 aromatic rings. The largest absolute Gasteiger partial charge is 0.492 e. The lowest BCUT2D eigenvalue weighted by atomic mass is 9.98. The average Bonchev–Trinajstić information content (AvgIpc) is 2.86. The van der Waals surface area contributed by atoms with Crippen LogP contribution in [0.5, 0.6) is 5.75 Å². The number of amides is 1. The summed E-state index contributed by atoms with van der Waals surface area (Å²) in [5.41, 5.74) is 0.442. The molecule has 1 heterocycles. The summed E-state index contributed by atoms with van der Waals surface area (Å²) in [7, 11) is -3.78. The summed E-state index contributed by atoms with van der Waals surface area (Å²) in [5.74, 6) is 1.19. The Bertz CT molecular complexity index is 1270. The van der Waals surface area contributed by atoms with Gasteiger partial charge in [-0.2, -0.15) is 0 Å². The Hall–Kier alpha value is -2.55. The topological polar surface area (TPSA) is 75.7 Å². The van der Waals surface area contributed by atoms with Crippen LogP contribution in [0.1, 0.15) is 30.1 Å². The average molecular weight is 499 g/mol. The number of hydrogen-bond donors (Lipinski definition) is 1. The van der Waals surface area contributed by atoms with Crippen molar-refractivity contribution in [3.63, 3.8) is 0 Å². The Morgan fingerprint density at radius 1 is 1.06 bits per heavy atom. The lowest BCUT2D eigenvalue weighted by molar-refractivity contribution is 0.0693. The first-order valence-electron chi connectivity index (χ1n) is 11.5. The van der Waals surface area contributed by atoms with Crippen molar-refractivity contribution in [2.45, 2.75) is 29.6 Å². The maximum absolute atomic E-state index is 13.2.